The Kier molecular flexibility index (Phi) is 4.13. The van der Waals surface area contributed by atoms with Gasteiger partial charge in [0.15, 0.2) is 11.9 Å². The van der Waals surface area contributed by atoms with E-state index in [9.17, 15) is 14.0 Å². The van der Waals surface area contributed by atoms with Crippen molar-refractivity contribution in [2.24, 2.45) is 0 Å². The number of ether oxygens (including phenoxy) is 1. The number of anilines is 1. The third kappa shape index (κ3) is 2.93. The van der Waals surface area contributed by atoms with Gasteiger partial charge in [-0.25, -0.2) is 9.18 Å². The van der Waals surface area contributed by atoms with Gasteiger partial charge in [-0.2, -0.15) is 0 Å². The second-order valence-corrected chi connectivity index (χ2v) is 7.01. The Balaban J connectivity index is 1.64. The number of aromatic nitrogens is 1. The molecule has 2 atom stereocenters. The lowest BCUT2D eigenvalue weighted by Gasteiger charge is -2.18. The van der Waals surface area contributed by atoms with E-state index in [0.717, 1.165) is 0 Å². The molecule has 30 heavy (non-hydrogen) atoms. The number of fused-ring (bicyclic) bond motifs is 3. The van der Waals surface area contributed by atoms with E-state index < -0.39 is 29.4 Å². The van der Waals surface area contributed by atoms with Gasteiger partial charge >= 0.3 is 5.63 Å². The molecule has 1 N–H and O–H groups in total. The molecule has 2 aromatic carbocycles. The predicted molar refractivity (Wildman–Crippen MR) is 105 cm³/mol. The number of para-hydroxylation sites is 1. The van der Waals surface area contributed by atoms with Crippen LogP contribution in [0.25, 0.3) is 11.0 Å². The van der Waals surface area contributed by atoms with Crippen LogP contribution in [-0.2, 0) is 4.79 Å². The summed E-state index contributed by atoms with van der Waals surface area (Å²) in [5.74, 6) is -0.684. The molecule has 2 aromatic heterocycles. The van der Waals surface area contributed by atoms with E-state index in [1.807, 2.05) is 0 Å². The van der Waals surface area contributed by atoms with Crippen LogP contribution in [0.5, 0.6) is 5.75 Å². The summed E-state index contributed by atoms with van der Waals surface area (Å²) in [6, 6.07) is 14.1. The largest absolute Gasteiger partial charge is 0.478 e. The third-order valence-corrected chi connectivity index (χ3v) is 5.02. The highest BCUT2D eigenvalue weighted by molar-refractivity contribution is 5.97. The van der Waals surface area contributed by atoms with Crippen LogP contribution in [0.2, 0.25) is 0 Å². The normalized spacial score (nSPS) is 17.5. The van der Waals surface area contributed by atoms with Gasteiger partial charge in [0.2, 0.25) is 0 Å². The van der Waals surface area contributed by atoms with E-state index in [1.54, 1.807) is 37.3 Å². The number of aryl methyl sites for hydroxylation is 1. The van der Waals surface area contributed by atoms with Gasteiger partial charge < -0.3 is 19.0 Å². The number of rotatable bonds is 3. The zero-order valence-corrected chi connectivity index (χ0v) is 15.7. The molecular weight excluding hydrogens is 391 g/mol. The lowest BCUT2D eigenvalue weighted by Crippen LogP contribution is -2.35. The molecule has 1 aliphatic heterocycles. The molecule has 7 nitrogen and oxygen atoms in total. The second-order valence-electron chi connectivity index (χ2n) is 7.01. The first kappa shape index (κ1) is 18.1. The average molecular weight is 406 g/mol. The minimum absolute atomic E-state index is 0.219. The number of carbonyl (C=O) groups excluding carboxylic acids is 1. The highest BCUT2D eigenvalue weighted by Crippen LogP contribution is 2.44. The molecule has 0 fully saturated rings. The van der Waals surface area contributed by atoms with Crippen molar-refractivity contribution in [3.8, 4) is 5.75 Å². The van der Waals surface area contributed by atoms with Gasteiger partial charge in [-0.05, 0) is 36.8 Å². The lowest BCUT2D eigenvalue weighted by molar-refractivity contribution is -0.122. The maximum absolute atomic E-state index is 13.5. The summed E-state index contributed by atoms with van der Waals surface area (Å²) in [5, 5.41) is 6.98. The third-order valence-electron chi connectivity index (χ3n) is 5.02. The molecule has 0 saturated carbocycles. The van der Waals surface area contributed by atoms with Gasteiger partial charge in [0.25, 0.3) is 5.91 Å². The lowest BCUT2D eigenvalue weighted by atomic mass is 9.88. The van der Waals surface area contributed by atoms with E-state index in [4.69, 9.17) is 13.7 Å². The maximum Gasteiger partial charge on any atom is 0.344 e. The number of halogens is 1. The Hall–Kier alpha value is -3.94. The van der Waals surface area contributed by atoms with Crippen molar-refractivity contribution < 1.29 is 22.9 Å². The minimum Gasteiger partial charge on any atom is -0.478 e. The van der Waals surface area contributed by atoms with Crippen LogP contribution in [0.3, 0.4) is 0 Å². The van der Waals surface area contributed by atoms with Crippen molar-refractivity contribution in [3.05, 3.63) is 87.7 Å². The number of amides is 1. The first-order chi connectivity index (χ1) is 14.5. The van der Waals surface area contributed by atoms with Gasteiger partial charge in [0.1, 0.15) is 22.9 Å². The monoisotopic (exact) mass is 406 g/mol. The molecule has 5 rings (SSSR count). The maximum atomic E-state index is 13.5. The fourth-order valence-electron chi connectivity index (χ4n) is 3.72. The molecule has 3 heterocycles. The van der Waals surface area contributed by atoms with Gasteiger partial charge in [-0.3, -0.25) is 4.79 Å². The molecule has 0 unspecified atom stereocenters. The fraction of sp³-hybridized carbons (Fsp3) is 0.136. The fourth-order valence-corrected chi connectivity index (χ4v) is 3.72. The summed E-state index contributed by atoms with van der Waals surface area (Å²) < 4.78 is 29.9. The number of nitrogens with one attached hydrogen (secondary N) is 1. The van der Waals surface area contributed by atoms with Crippen LogP contribution in [-0.4, -0.2) is 17.2 Å². The van der Waals surface area contributed by atoms with Crippen LogP contribution in [0.4, 0.5) is 10.2 Å². The van der Waals surface area contributed by atoms with Gasteiger partial charge in [-0.15, -0.1) is 0 Å². The summed E-state index contributed by atoms with van der Waals surface area (Å²) in [6.45, 7) is 1.70. The van der Waals surface area contributed by atoms with Crippen LogP contribution in [0, 0.1) is 12.7 Å². The molecular formula is C22H15FN2O5. The number of hydrogen-bond acceptors (Lipinski definition) is 6. The first-order valence-electron chi connectivity index (χ1n) is 9.23. The van der Waals surface area contributed by atoms with Crippen LogP contribution >= 0.6 is 0 Å². The number of benzene rings is 2. The summed E-state index contributed by atoms with van der Waals surface area (Å²) in [7, 11) is 0. The van der Waals surface area contributed by atoms with Crippen molar-refractivity contribution in [1.82, 2.24) is 5.16 Å². The topological polar surface area (TPSA) is 94.6 Å². The van der Waals surface area contributed by atoms with E-state index in [2.05, 4.69) is 10.5 Å². The van der Waals surface area contributed by atoms with Crippen molar-refractivity contribution in [1.29, 1.82) is 0 Å². The molecule has 4 aromatic rings. The summed E-state index contributed by atoms with van der Waals surface area (Å²) in [5.41, 5.74) is 0.518. The predicted octanol–water partition coefficient (Wildman–Crippen LogP) is 3.76. The Labute approximate surface area is 169 Å². The van der Waals surface area contributed by atoms with Crippen molar-refractivity contribution in [3.63, 3.8) is 0 Å². The molecule has 0 saturated heterocycles. The Morgan fingerprint density at radius 3 is 2.63 bits per heavy atom. The van der Waals surface area contributed by atoms with Crippen molar-refractivity contribution in [2.75, 3.05) is 5.32 Å². The quantitative estimate of drug-likeness (QED) is 0.521. The van der Waals surface area contributed by atoms with E-state index in [-0.39, 0.29) is 17.1 Å². The standard InChI is InChI=1S/C22H15FN2O5/c1-11-10-16(25-30-11)24-21(26)20-17(12-6-8-13(23)9-7-12)18-19(29-20)14-4-2-3-5-15(14)28-22(18)27/h2-10,17,20H,1H3,(H,24,25,26)/t17-,20-/m1/s1. The summed E-state index contributed by atoms with van der Waals surface area (Å²) >= 11 is 0. The van der Waals surface area contributed by atoms with Crippen molar-refractivity contribution in [2.45, 2.75) is 18.9 Å². The minimum atomic E-state index is -1.09. The number of hydrogen-bond donors (Lipinski definition) is 1. The van der Waals surface area contributed by atoms with E-state index in [1.165, 1.54) is 24.3 Å². The number of carbonyl (C=O) groups is 1. The molecule has 0 spiro atoms. The second kappa shape index (κ2) is 6.84. The van der Waals surface area contributed by atoms with E-state index >= 15 is 0 Å². The van der Waals surface area contributed by atoms with Gasteiger partial charge in [-0.1, -0.05) is 29.4 Å². The smallest absolute Gasteiger partial charge is 0.344 e. The highest BCUT2D eigenvalue weighted by Gasteiger charge is 2.44. The van der Waals surface area contributed by atoms with Crippen LogP contribution < -0.4 is 15.7 Å². The van der Waals surface area contributed by atoms with E-state index in [0.29, 0.717) is 22.3 Å². The zero-order valence-electron chi connectivity index (χ0n) is 15.7. The molecule has 0 radical (unpaired) electrons. The van der Waals surface area contributed by atoms with Crippen LogP contribution in [0.15, 0.2) is 68.3 Å². The van der Waals surface area contributed by atoms with Crippen LogP contribution in [0.1, 0.15) is 22.8 Å². The van der Waals surface area contributed by atoms with Crippen molar-refractivity contribution >= 4 is 22.7 Å². The molecule has 1 aliphatic rings. The Morgan fingerprint density at radius 1 is 1.13 bits per heavy atom. The van der Waals surface area contributed by atoms with Gasteiger partial charge in [0, 0.05) is 6.07 Å². The average Bonchev–Trinajstić information content (AvgIpc) is 3.33. The molecule has 0 bridgehead atoms. The summed E-state index contributed by atoms with van der Waals surface area (Å²) in [4.78, 5) is 25.9. The molecule has 8 heteroatoms. The number of nitrogens with zero attached hydrogens (tertiary/aromatic N) is 1. The Bertz CT molecular complexity index is 1330. The zero-order chi connectivity index (χ0) is 20.8. The molecule has 1 amide bonds. The first-order valence-corrected chi connectivity index (χ1v) is 9.23. The molecule has 150 valence electrons. The highest BCUT2D eigenvalue weighted by atomic mass is 19.1. The summed E-state index contributed by atoms with van der Waals surface area (Å²) in [6.07, 6.45) is -1.09. The SMILES string of the molecule is Cc1cc(NC(=O)[C@@H]2Oc3c(c(=O)oc4ccccc34)[C@H]2c2ccc(F)cc2)no1. The van der Waals surface area contributed by atoms with Gasteiger partial charge in [0.05, 0.1) is 16.9 Å². The molecule has 0 aliphatic carbocycles. The Morgan fingerprint density at radius 2 is 1.90 bits per heavy atom.